The van der Waals surface area contributed by atoms with E-state index in [0.717, 1.165) is 16.4 Å². The number of carbonyl (C=O) groups excluding carboxylic acids is 1. The molecule has 0 saturated carbocycles. The first-order valence-corrected chi connectivity index (χ1v) is 8.46. The van der Waals surface area contributed by atoms with Gasteiger partial charge in [-0.25, -0.2) is 0 Å². The molecule has 22 heavy (non-hydrogen) atoms. The maximum Gasteiger partial charge on any atom is 0.244 e. The number of nitrogens with zero attached hydrogens (tertiary/aromatic N) is 2. The summed E-state index contributed by atoms with van der Waals surface area (Å²) in [6.45, 7) is 3.58. The van der Waals surface area contributed by atoms with Crippen molar-refractivity contribution in [3.63, 3.8) is 0 Å². The van der Waals surface area contributed by atoms with Gasteiger partial charge in [-0.15, -0.1) is 11.3 Å². The van der Waals surface area contributed by atoms with Crippen LogP contribution in [0.1, 0.15) is 23.4 Å². The molecular weight excluding hydrogens is 316 g/mol. The standard InChI is InChI=1S/C17H21ClN2OS/c1-4-20(12-14-10-11-15(18)22-14)16(17(21)19(2)3)13-8-6-5-7-9-13/h5-11,16H,4,12H2,1-3H3. The van der Waals surface area contributed by atoms with Crippen LogP contribution in [0.3, 0.4) is 0 Å². The van der Waals surface area contributed by atoms with Crippen LogP contribution >= 0.6 is 22.9 Å². The first-order chi connectivity index (χ1) is 10.5. The number of amides is 1. The molecule has 5 heteroatoms. The SMILES string of the molecule is CCN(Cc1ccc(Cl)s1)C(C(=O)N(C)C)c1ccccc1. The lowest BCUT2D eigenvalue weighted by Crippen LogP contribution is -2.39. The largest absolute Gasteiger partial charge is 0.347 e. The lowest BCUT2D eigenvalue weighted by atomic mass is 10.0. The fourth-order valence-electron chi connectivity index (χ4n) is 2.41. The van der Waals surface area contributed by atoms with Crippen molar-refractivity contribution in [1.82, 2.24) is 9.80 Å². The number of halogens is 1. The van der Waals surface area contributed by atoms with Crippen LogP contribution < -0.4 is 0 Å². The van der Waals surface area contributed by atoms with E-state index in [-0.39, 0.29) is 11.9 Å². The molecule has 1 aromatic carbocycles. The minimum Gasteiger partial charge on any atom is -0.347 e. The molecule has 0 radical (unpaired) electrons. The average molecular weight is 337 g/mol. The molecule has 1 aromatic heterocycles. The summed E-state index contributed by atoms with van der Waals surface area (Å²) in [6, 6.07) is 13.6. The molecule has 2 aromatic rings. The molecule has 118 valence electrons. The predicted molar refractivity (Wildman–Crippen MR) is 93.3 cm³/mol. The number of likely N-dealkylation sites (N-methyl/N-ethyl adjacent to an activating group) is 2. The molecule has 0 aliphatic heterocycles. The number of hydrogen-bond donors (Lipinski definition) is 0. The van der Waals surface area contributed by atoms with Crippen LogP contribution in [0.2, 0.25) is 4.34 Å². The Morgan fingerprint density at radius 1 is 1.18 bits per heavy atom. The van der Waals surface area contributed by atoms with E-state index in [1.807, 2.05) is 42.5 Å². The van der Waals surface area contributed by atoms with E-state index in [1.54, 1.807) is 30.3 Å². The van der Waals surface area contributed by atoms with Crippen molar-refractivity contribution in [1.29, 1.82) is 0 Å². The Morgan fingerprint density at radius 2 is 1.86 bits per heavy atom. The highest BCUT2D eigenvalue weighted by molar-refractivity contribution is 7.16. The lowest BCUT2D eigenvalue weighted by molar-refractivity contribution is -0.135. The first-order valence-electron chi connectivity index (χ1n) is 7.27. The fraction of sp³-hybridized carbons (Fsp3) is 0.353. The highest BCUT2D eigenvalue weighted by Crippen LogP contribution is 2.28. The van der Waals surface area contributed by atoms with Gasteiger partial charge in [0.25, 0.3) is 0 Å². The van der Waals surface area contributed by atoms with E-state index in [0.29, 0.717) is 6.54 Å². The molecule has 1 amide bonds. The molecule has 3 nitrogen and oxygen atoms in total. The quantitative estimate of drug-likeness (QED) is 0.794. The van der Waals surface area contributed by atoms with E-state index in [9.17, 15) is 4.79 Å². The summed E-state index contributed by atoms with van der Waals surface area (Å²) >= 11 is 7.58. The molecule has 0 fully saturated rings. The van der Waals surface area contributed by atoms with Crippen molar-refractivity contribution in [2.45, 2.75) is 19.5 Å². The van der Waals surface area contributed by atoms with Crippen LogP contribution in [0.15, 0.2) is 42.5 Å². The van der Waals surface area contributed by atoms with Crippen molar-refractivity contribution in [2.75, 3.05) is 20.6 Å². The minimum absolute atomic E-state index is 0.0932. The van der Waals surface area contributed by atoms with Crippen molar-refractivity contribution < 1.29 is 4.79 Å². The van der Waals surface area contributed by atoms with Crippen LogP contribution in [0.25, 0.3) is 0 Å². The van der Waals surface area contributed by atoms with E-state index >= 15 is 0 Å². The topological polar surface area (TPSA) is 23.6 Å². The second-order valence-electron chi connectivity index (χ2n) is 5.31. The molecule has 0 spiro atoms. The molecular formula is C17H21ClN2OS. The van der Waals surface area contributed by atoms with E-state index < -0.39 is 0 Å². The van der Waals surface area contributed by atoms with Crippen molar-refractivity contribution >= 4 is 28.8 Å². The maximum atomic E-state index is 12.7. The molecule has 0 saturated heterocycles. The Morgan fingerprint density at radius 3 is 2.36 bits per heavy atom. The van der Waals surface area contributed by atoms with Crippen molar-refractivity contribution in [2.24, 2.45) is 0 Å². The van der Waals surface area contributed by atoms with Crippen LogP contribution in [-0.4, -0.2) is 36.3 Å². The van der Waals surface area contributed by atoms with Crippen LogP contribution in [-0.2, 0) is 11.3 Å². The smallest absolute Gasteiger partial charge is 0.244 e. The number of rotatable bonds is 6. The molecule has 1 atom stereocenters. The number of benzene rings is 1. The van der Waals surface area contributed by atoms with Gasteiger partial charge in [-0.05, 0) is 24.2 Å². The van der Waals surface area contributed by atoms with E-state index in [4.69, 9.17) is 11.6 Å². The Labute approximate surface area is 141 Å². The number of carbonyl (C=O) groups is 1. The first kappa shape index (κ1) is 17.0. The monoisotopic (exact) mass is 336 g/mol. The van der Waals surface area contributed by atoms with Crippen LogP contribution in [0, 0.1) is 0 Å². The molecule has 2 rings (SSSR count). The number of thiophene rings is 1. The normalized spacial score (nSPS) is 12.4. The third kappa shape index (κ3) is 4.09. The second-order valence-corrected chi connectivity index (χ2v) is 7.11. The van der Waals surface area contributed by atoms with Gasteiger partial charge in [0.05, 0.1) is 4.34 Å². The molecule has 1 heterocycles. The Balaban J connectivity index is 2.31. The van der Waals surface area contributed by atoms with Crippen LogP contribution in [0.4, 0.5) is 0 Å². The van der Waals surface area contributed by atoms with Crippen molar-refractivity contribution in [3.05, 3.63) is 57.2 Å². The summed E-state index contributed by atoms with van der Waals surface area (Å²) in [5, 5.41) is 0. The molecule has 0 aliphatic carbocycles. The zero-order valence-corrected chi connectivity index (χ0v) is 14.7. The van der Waals surface area contributed by atoms with Gasteiger partial charge in [-0.3, -0.25) is 9.69 Å². The van der Waals surface area contributed by atoms with Crippen LogP contribution in [0.5, 0.6) is 0 Å². The van der Waals surface area contributed by atoms with Gasteiger partial charge >= 0.3 is 0 Å². The van der Waals surface area contributed by atoms with Gasteiger partial charge in [0.15, 0.2) is 0 Å². The third-order valence-electron chi connectivity index (χ3n) is 3.55. The predicted octanol–water partition coefficient (Wildman–Crippen LogP) is 4.05. The summed E-state index contributed by atoms with van der Waals surface area (Å²) < 4.78 is 0.779. The average Bonchev–Trinajstić information content (AvgIpc) is 2.92. The highest BCUT2D eigenvalue weighted by atomic mass is 35.5. The van der Waals surface area contributed by atoms with Crippen molar-refractivity contribution in [3.8, 4) is 0 Å². The second kappa shape index (κ2) is 7.77. The number of hydrogen-bond acceptors (Lipinski definition) is 3. The van der Waals surface area contributed by atoms with Gasteiger partial charge < -0.3 is 4.90 Å². The Kier molecular flexibility index (Phi) is 6.00. The van der Waals surface area contributed by atoms with E-state index in [2.05, 4.69) is 11.8 Å². The highest BCUT2D eigenvalue weighted by Gasteiger charge is 2.28. The van der Waals surface area contributed by atoms with Gasteiger partial charge in [0.2, 0.25) is 5.91 Å². The van der Waals surface area contributed by atoms with E-state index in [1.165, 1.54) is 4.88 Å². The molecule has 0 aliphatic rings. The lowest BCUT2D eigenvalue weighted by Gasteiger charge is -2.31. The Bertz CT molecular complexity index is 612. The summed E-state index contributed by atoms with van der Waals surface area (Å²) in [7, 11) is 3.60. The maximum absolute atomic E-state index is 12.7. The Hall–Kier alpha value is -1.36. The summed E-state index contributed by atoms with van der Waals surface area (Å²) in [6.07, 6.45) is 0. The minimum atomic E-state index is -0.276. The van der Waals surface area contributed by atoms with Gasteiger partial charge in [-0.1, -0.05) is 48.9 Å². The molecule has 1 unspecified atom stereocenters. The zero-order chi connectivity index (χ0) is 16.1. The van der Waals surface area contributed by atoms with Gasteiger partial charge in [0, 0.05) is 25.5 Å². The van der Waals surface area contributed by atoms with Gasteiger partial charge in [0.1, 0.15) is 6.04 Å². The summed E-state index contributed by atoms with van der Waals surface area (Å²) in [4.78, 5) is 17.7. The molecule has 0 N–H and O–H groups in total. The fourth-order valence-corrected chi connectivity index (χ4v) is 3.53. The zero-order valence-electron chi connectivity index (χ0n) is 13.1. The van der Waals surface area contributed by atoms with Gasteiger partial charge in [-0.2, -0.15) is 0 Å². The summed E-state index contributed by atoms with van der Waals surface area (Å²) in [5.74, 6) is 0.0932. The third-order valence-corrected chi connectivity index (χ3v) is 4.77. The summed E-state index contributed by atoms with van der Waals surface area (Å²) in [5.41, 5.74) is 1.02. The molecule has 0 bridgehead atoms.